The predicted octanol–water partition coefficient (Wildman–Crippen LogP) is 3.61. The highest BCUT2D eigenvalue weighted by Gasteiger charge is 2.42. The van der Waals surface area contributed by atoms with E-state index in [-0.39, 0.29) is 0 Å². The molecule has 1 nitrogen and oxygen atoms in total. The van der Waals surface area contributed by atoms with Crippen LogP contribution in [0.25, 0.3) is 0 Å². The van der Waals surface area contributed by atoms with E-state index in [1.165, 1.54) is 25.7 Å². The minimum atomic E-state index is 0.355. The Bertz CT molecular complexity index is 186. The van der Waals surface area contributed by atoms with Crippen LogP contribution in [0.3, 0.4) is 0 Å². The summed E-state index contributed by atoms with van der Waals surface area (Å²) in [5, 5.41) is 9.20. The Morgan fingerprint density at radius 1 is 1.36 bits per heavy atom. The Hall–Kier alpha value is -0.0400. The molecule has 1 N–H and O–H groups in total. The zero-order valence-electron chi connectivity index (χ0n) is 10.3. The van der Waals surface area contributed by atoms with Gasteiger partial charge >= 0.3 is 0 Å². The first kappa shape index (κ1) is 12.0. The van der Waals surface area contributed by atoms with Gasteiger partial charge in [-0.2, -0.15) is 0 Å². The van der Waals surface area contributed by atoms with E-state index in [9.17, 15) is 5.11 Å². The van der Waals surface area contributed by atoms with Gasteiger partial charge in [-0.25, -0.2) is 0 Å². The van der Waals surface area contributed by atoms with Crippen LogP contribution in [-0.4, -0.2) is 11.7 Å². The zero-order chi connectivity index (χ0) is 10.8. The van der Waals surface area contributed by atoms with E-state index in [1.54, 1.807) is 0 Å². The third-order valence-corrected chi connectivity index (χ3v) is 4.44. The molecular weight excluding hydrogens is 172 g/mol. The molecule has 0 unspecified atom stereocenters. The topological polar surface area (TPSA) is 20.2 Å². The Morgan fingerprint density at radius 3 is 2.50 bits per heavy atom. The first-order valence-corrected chi connectivity index (χ1v) is 6.07. The van der Waals surface area contributed by atoms with Crippen LogP contribution < -0.4 is 0 Å². The fourth-order valence-electron chi connectivity index (χ4n) is 3.34. The van der Waals surface area contributed by atoms with Crippen molar-refractivity contribution in [1.82, 2.24) is 0 Å². The molecule has 0 bridgehead atoms. The SMILES string of the molecule is CC[C@]1(CCO)CC(C)(C)CC[C@H]1C. The maximum atomic E-state index is 9.20. The quantitative estimate of drug-likeness (QED) is 0.734. The van der Waals surface area contributed by atoms with Gasteiger partial charge in [0.1, 0.15) is 0 Å². The largest absolute Gasteiger partial charge is 0.396 e. The van der Waals surface area contributed by atoms with Gasteiger partial charge < -0.3 is 5.11 Å². The number of hydrogen-bond acceptors (Lipinski definition) is 1. The molecule has 0 amide bonds. The lowest BCUT2D eigenvalue weighted by Gasteiger charge is -2.49. The lowest BCUT2D eigenvalue weighted by atomic mass is 9.56. The van der Waals surface area contributed by atoms with Gasteiger partial charge in [0.05, 0.1) is 0 Å². The summed E-state index contributed by atoms with van der Waals surface area (Å²) < 4.78 is 0. The van der Waals surface area contributed by atoms with Gasteiger partial charge in [0.2, 0.25) is 0 Å². The first-order valence-electron chi connectivity index (χ1n) is 6.07. The second kappa shape index (κ2) is 4.22. The summed E-state index contributed by atoms with van der Waals surface area (Å²) in [6.45, 7) is 9.76. The fourth-order valence-corrected chi connectivity index (χ4v) is 3.34. The molecule has 0 spiro atoms. The van der Waals surface area contributed by atoms with Crippen molar-refractivity contribution >= 4 is 0 Å². The van der Waals surface area contributed by atoms with Crippen molar-refractivity contribution in [1.29, 1.82) is 0 Å². The molecule has 1 rings (SSSR count). The van der Waals surface area contributed by atoms with Gasteiger partial charge in [-0.3, -0.25) is 0 Å². The van der Waals surface area contributed by atoms with Crippen LogP contribution in [0.1, 0.15) is 59.8 Å². The van der Waals surface area contributed by atoms with Gasteiger partial charge in [0.15, 0.2) is 0 Å². The number of aliphatic hydroxyl groups is 1. The van der Waals surface area contributed by atoms with Crippen molar-refractivity contribution in [3.63, 3.8) is 0 Å². The Labute approximate surface area is 88.9 Å². The summed E-state index contributed by atoms with van der Waals surface area (Å²) in [6.07, 6.45) is 6.19. The van der Waals surface area contributed by atoms with Gasteiger partial charge in [0.25, 0.3) is 0 Å². The molecule has 1 heteroatoms. The minimum absolute atomic E-state index is 0.355. The van der Waals surface area contributed by atoms with Crippen LogP contribution in [0.2, 0.25) is 0 Å². The van der Waals surface area contributed by atoms with E-state index in [1.807, 2.05) is 0 Å². The van der Waals surface area contributed by atoms with Crippen molar-refractivity contribution < 1.29 is 5.11 Å². The van der Waals surface area contributed by atoms with E-state index in [0.717, 1.165) is 12.3 Å². The molecule has 14 heavy (non-hydrogen) atoms. The van der Waals surface area contributed by atoms with Crippen LogP contribution in [0.15, 0.2) is 0 Å². The summed E-state index contributed by atoms with van der Waals surface area (Å²) in [5.41, 5.74) is 0.897. The molecule has 0 radical (unpaired) electrons. The molecule has 1 fully saturated rings. The smallest absolute Gasteiger partial charge is 0.0436 e. The molecule has 0 aromatic carbocycles. The van der Waals surface area contributed by atoms with Crippen LogP contribution in [0, 0.1) is 16.7 Å². The molecule has 0 heterocycles. The molecule has 1 aliphatic rings. The lowest BCUT2D eigenvalue weighted by molar-refractivity contribution is 0.00336. The van der Waals surface area contributed by atoms with Crippen LogP contribution in [-0.2, 0) is 0 Å². The van der Waals surface area contributed by atoms with Crippen molar-refractivity contribution in [2.75, 3.05) is 6.61 Å². The van der Waals surface area contributed by atoms with Crippen molar-refractivity contribution in [2.24, 2.45) is 16.7 Å². The minimum Gasteiger partial charge on any atom is -0.396 e. The normalized spacial score (nSPS) is 37.1. The van der Waals surface area contributed by atoms with E-state index in [4.69, 9.17) is 0 Å². The highest BCUT2D eigenvalue weighted by atomic mass is 16.3. The second-order valence-electron chi connectivity index (χ2n) is 5.97. The molecule has 0 aromatic rings. The predicted molar refractivity (Wildman–Crippen MR) is 61.2 cm³/mol. The molecule has 1 saturated carbocycles. The molecule has 0 aromatic heterocycles. The summed E-state index contributed by atoms with van der Waals surface area (Å²) in [4.78, 5) is 0. The highest BCUT2D eigenvalue weighted by molar-refractivity contribution is 4.93. The summed E-state index contributed by atoms with van der Waals surface area (Å²) in [6, 6.07) is 0. The highest BCUT2D eigenvalue weighted by Crippen LogP contribution is 2.52. The molecule has 2 atom stereocenters. The average Bonchev–Trinajstić information content (AvgIpc) is 2.11. The van der Waals surface area contributed by atoms with Crippen LogP contribution in [0.5, 0.6) is 0 Å². The van der Waals surface area contributed by atoms with E-state index in [0.29, 0.717) is 17.4 Å². The Kier molecular flexibility index (Phi) is 3.63. The molecule has 1 aliphatic carbocycles. The second-order valence-corrected chi connectivity index (χ2v) is 5.97. The van der Waals surface area contributed by atoms with Gasteiger partial charge in [0, 0.05) is 6.61 Å². The average molecular weight is 198 g/mol. The number of aliphatic hydroxyl groups excluding tert-OH is 1. The zero-order valence-corrected chi connectivity index (χ0v) is 10.3. The van der Waals surface area contributed by atoms with Crippen molar-refractivity contribution in [3.05, 3.63) is 0 Å². The summed E-state index contributed by atoms with van der Waals surface area (Å²) >= 11 is 0. The Balaban J connectivity index is 2.79. The third kappa shape index (κ3) is 2.31. The summed E-state index contributed by atoms with van der Waals surface area (Å²) in [7, 11) is 0. The van der Waals surface area contributed by atoms with Crippen LogP contribution >= 0.6 is 0 Å². The molecule has 0 aliphatic heterocycles. The lowest BCUT2D eigenvalue weighted by Crippen LogP contribution is -2.39. The van der Waals surface area contributed by atoms with E-state index in [2.05, 4.69) is 27.7 Å². The fraction of sp³-hybridized carbons (Fsp3) is 1.00. The first-order chi connectivity index (χ1) is 6.46. The van der Waals surface area contributed by atoms with Gasteiger partial charge in [-0.1, -0.05) is 34.1 Å². The van der Waals surface area contributed by atoms with E-state index >= 15 is 0 Å². The molecule has 84 valence electrons. The maximum Gasteiger partial charge on any atom is 0.0436 e. The van der Waals surface area contributed by atoms with Crippen molar-refractivity contribution in [2.45, 2.75) is 59.8 Å². The van der Waals surface area contributed by atoms with Crippen molar-refractivity contribution in [3.8, 4) is 0 Å². The van der Waals surface area contributed by atoms with Crippen LogP contribution in [0.4, 0.5) is 0 Å². The number of hydrogen-bond donors (Lipinski definition) is 1. The third-order valence-electron chi connectivity index (χ3n) is 4.44. The monoisotopic (exact) mass is 198 g/mol. The van der Waals surface area contributed by atoms with Gasteiger partial charge in [-0.15, -0.1) is 0 Å². The molecule has 0 saturated heterocycles. The number of rotatable bonds is 3. The maximum absolute atomic E-state index is 9.20. The molecular formula is C13H26O. The standard InChI is InChI=1S/C13H26O/c1-5-13(8-9-14)10-12(3,4)7-6-11(13)2/h11,14H,5-10H2,1-4H3/t11-,13+/m1/s1. The summed E-state index contributed by atoms with van der Waals surface area (Å²) in [5.74, 6) is 0.785. The van der Waals surface area contributed by atoms with Gasteiger partial charge in [-0.05, 0) is 42.4 Å². The Morgan fingerprint density at radius 2 is 2.00 bits per heavy atom. The van der Waals surface area contributed by atoms with E-state index < -0.39 is 0 Å².